The zero-order chi connectivity index (χ0) is 38.4. The molecule has 3 saturated heterocycles. The maximum atomic E-state index is 13.0. The monoisotopic (exact) mass is 802 g/mol. The van der Waals surface area contributed by atoms with Crippen LogP contribution in [-0.2, 0) is 41.8 Å². The number of nitrogens with zero attached hydrogens (tertiary/aromatic N) is 2. The number of esters is 2. The summed E-state index contributed by atoms with van der Waals surface area (Å²) in [5.74, 6) is -0.368. The molecule has 0 N–H and O–H groups in total. The van der Waals surface area contributed by atoms with E-state index in [4.69, 9.17) is 18.9 Å². The maximum Gasteiger partial charge on any atom is 0.410 e. The number of allylic oxidation sites excluding steroid dienone is 2. The van der Waals surface area contributed by atoms with Crippen LogP contribution in [0, 0.1) is 22.7 Å². The van der Waals surface area contributed by atoms with Crippen LogP contribution in [0.15, 0.2) is 116 Å². The van der Waals surface area contributed by atoms with Gasteiger partial charge >= 0.3 is 203 Å². The van der Waals surface area contributed by atoms with E-state index >= 15 is 0 Å². The number of benzene rings is 3. The molecule has 0 radical (unpaired) electrons. The number of carbonyl (C=O) groups is 4. The molecule has 3 heterocycles. The van der Waals surface area contributed by atoms with Crippen molar-refractivity contribution in [2.45, 2.75) is 44.2 Å². The summed E-state index contributed by atoms with van der Waals surface area (Å²) < 4.78 is 22.7. The zero-order valence-electron chi connectivity index (χ0n) is 30.9. The molecule has 3 aromatic rings. The number of amides is 2. The molecule has 3 fully saturated rings. The smallest absolute Gasteiger partial charge is 0.410 e. The van der Waals surface area contributed by atoms with Crippen molar-refractivity contribution >= 4 is 43.5 Å². The van der Waals surface area contributed by atoms with Crippen LogP contribution < -0.4 is 4.46 Å². The van der Waals surface area contributed by atoms with Crippen LogP contribution in [0.4, 0.5) is 9.59 Å². The Hall–Kier alpha value is -4.86. The molecular formula is C43H50N2O8Se. The minimum Gasteiger partial charge on any atom is -0.465 e. The van der Waals surface area contributed by atoms with Gasteiger partial charge in [-0.1, -0.05) is 36.4 Å². The summed E-state index contributed by atoms with van der Waals surface area (Å²) in [5, 5.41) is 0.853. The van der Waals surface area contributed by atoms with Gasteiger partial charge in [-0.2, -0.15) is 0 Å². The van der Waals surface area contributed by atoms with E-state index in [1.54, 1.807) is 15.9 Å². The van der Waals surface area contributed by atoms with E-state index in [-0.39, 0.29) is 64.1 Å². The normalized spacial score (nSPS) is 22.6. The molecule has 11 heteroatoms. The molecule has 4 unspecified atom stereocenters. The fourth-order valence-corrected chi connectivity index (χ4v) is 9.91. The van der Waals surface area contributed by atoms with Crippen molar-refractivity contribution in [3.8, 4) is 0 Å². The molecule has 4 atom stereocenters. The minimum atomic E-state index is -0.731. The molecule has 0 aromatic heterocycles. The molecule has 10 nitrogen and oxygen atoms in total. The van der Waals surface area contributed by atoms with Gasteiger partial charge in [0.1, 0.15) is 6.61 Å². The summed E-state index contributed by atoms with van der Waals surface area (Å²) >= 11 is 0.198. The third kappa shape index (κ3) is 9.81. The Balaban J connectivity index is 0.000000217. The predicted octanol–water partition coefficient (Wildman–Crippen LogP) is 6.59. The second kappa shape index (κ2) is 19.5. The van der Waals surface area contributed by atoms with Crippen molar-refractivity contribution in [3.63, 3.8) is 0 Å². The fourth-order valence-electron chi connectivity index (χ4n) is 7.46. The molecule has 6 rings (SSSR count). The fraction of sp³-hybridized carbons (Fsp3) is 0.395. The molecule has 3 aromatic carbocycles. The first-order valence-electron chi connectivity index (χ1n) is 18.3. The van der Waals surface area contributed by atoms with Crippen LogP contribution in [0.2, 0.25) is 5.32 Å². The van der Waals surface area contributed by atoms with E-state index in [2.05, 4.69) is 25.3 Å². The number of methoxy groups -OCH3 is 1. The van der Waals surface area contributed by atoms with Crippen molar-refractivity contribution in [1.82, 2.24) is 9.80 Å². The maximum absolute atomic E-state index is 13.0. The Kier molecular flexibility index (Phi) is 14.5. The Morgan fingerprint density at radius 3 is 1.89 bits per heavy atom. The largest absolute Gasteiger partial charge is 0.465 e. The number of cyclic esters (lactones) is 1. The van der Waals surface area contributed by atoms with Gasteiger partial charge in [-0.15, -0.1) is 6.58 Å². The Morgan fingerprint density at radius 2 is 1.33 bits per heavy atom. The Morgan fingerprint density at radius 1 is 0.796 bits per heavy atom. The quantitative estimate of drug-likeness (QED) is 0.0778. The van der Waals surface area contributed by atoms with Gasteiger partial charge in [0.15, 0.2) is 0 Å². The van der Waals surface area contributed by atoms with E-state index in [1.807, 2.05) is 84.9 Å². The number of rotatable bonds is 14. The Bertz CT molecular complexity index is 1720. The Labute approximate surface area is 324 Å². The molecule has 3 aliphatic rings. The summed E-state index contributed by atoms with van der Waals surface area (Å²) in [4.78, 5) is 53.6. The molecule has 2 amide bonds. The molecule has 3 aliphatic heterocycles. The number of carbonyl (C=O) groups excluding carboxylic acids is 4. The van der Waals surface area contributed by atoms with Gasteiger partial charge in [-0.25, -0.2) is 4.79 Å². The van der Waals surface area contributed by atoms with Gasteiger partial charge in [0, 0.05) is 19.0 Å². The second-order valence-electron chi connectivity index (χ2n) is 13.9. The summed E-state index contributed by atoms with van der Waals surface area (Å²) in [7, 11) is 1.42. The van der Waals surface area contributed by atoms with E-state index in [0.29, 0.717) is 52.0 Å². The topological polar surface area (TPSA) is 112 Å². The summed E-state index contributed by atoms with van der Waals surface area (Å²) in [5.41, 5.74) is 0.566. The minimum absolute atomic E-state index is 0.0179. The number of fused-ring (bicyclic) bond motifs is 1. The number of likely N-dealkylation sites (tertiary alicyclic amines) is 2. The molecule has 0 spiro atoms. The average Bonchev–Trinajstić information content (AvgIpc) is 3.88. The van der Waals surface area contributed by atoms with E-state index in [0.717, 1.165) is 22.9 Å². The zero-order valence-corrected chi connectivity index (χ0v) is 32.7. The summed E-state index contributed by atoms with van der Waals surface area (Å²) in [6.45, 7) is 10.1. The van der Waals surface area contributed by atoms with E-state index in [1.165, 1.54) is 11.6 Å². The van der Waals surface area contributed by atoms with Gasteiger partial charge < -0.3 is 14.4 Å². The van der Waals surface area contributed by atoms with Crippen LogP contribution in [0.3, 0.4) is 0 Å². The van der Waals surface area contributed by atoms with Gasteiger partial charge in [0.25, 0.3) is 0 Å². The standard InChI is InChI=1S/C25H29NO4Se.C18H21NO4/c1-3-4-15-25(23(27)29-2)19-26(24(28)30-17-20-11-7-5-8-12-20)16-21(25)18-31-22-13-9-6-10-14-22;1-2-3-9-18-13-19(10-15(18)12-22-16(18)20)17(21)23-11-14-7-5-4-6-8-14/h3,5-14,21H,1,4,15-19H2,2H3;2,4-8,15H,1,3,9-13H2. The van der Waals surface area contributed by atoms with Crippen LogP contribution in [0.25, 0.3) is 0 Å². The number of hydrogen-bond donors (Lipinski definition) is 0. The molecule has 0 saturated carbocycles. The SMILES string of the molecule is C=CCCC1(C(=O)OC)CN(C(=O)OCc2ccccc2)CC1C[Se]c1ccccc1.C=CCCC12CN(C(=O)OCc3ccccc3)CC1COC2=O. The van der Waals surface area contributed by atoms with Crippen LogP contribution in [-0.4, -0.2) is 88.8 Å². The van der Waals surface area contributed by atoms with Gasteiger partial charge in [0.2, 0.25) is 0 Å². The van der Waals surface area contributed by atoms with Crippen LogP contribution in [0.5, 0.6) is 0 Å². The number of ether oxygens (including phenoxy) is 4. The summed E-state index contributed by atoms with van der Waals surface area (Å²) in [6.07, 6.45) is 5.58. The van der Waals surface area contributed by atoms with Crippen molar-refractivity contribution in [2.75, 3.05) is 39.9 Å². The molecule has 0 bridgehead atoms. The molecular weight excluding hydrogens is 751 g/mol. The summed E-state index contributed by atoms with van der Waals surface area (Å²) in [6, 6.07) is 29.5. The van der Waals surface area contributed by atoms with Crippen molar-refractivity contribution < 1.29 is 38.1 Å². The molecule has 54 heavy (non-hydrogen) atoms. The van der Waals surface area contributed by atoms with E-state index in [9.17, 15) is 19.2 Å². The van der Waals surface area contributed by atoms with Crippen molar-refractivity contribution in [3.05, 3.63) is 127 Å². The third-order valence-electron chi connectivity index (χ3n) is 10.5. The first-order valence-corrected chi connectivity index (χ1v) is 20.4. The van der Waals surface area contributed by atoms with Crippen LogP contribution >= 0.6 is 0 Å². The first kappa shape index (κ1) is 40.3. The average molecular weight is 802 g/mol. The predicted molar refractivity (Wildman–Crippen MR) is 207 cm³/mol. The van der Waals surface area contributed by atoms with Crippen molar-refractivity contribution in [2.24, 2.45) is 22.7 Å². The van der Waals surface area contributed by atoms with Gasteiger partial charge in [-0.05, 0) is 18.4 Å². The van der Waals surface area contributed by atoms with Gasteiger partial charge in [0.05, 0.1) is 12.0 Å². The first-order chi connectivity index (χ1) is 26.2. The van der Waals surface area contributed by atoms with Crippen LogP contribution in [0.1, 0.15) is 36.8 Å². The third-order valence-corrected chi connectivity index (χ3v) is 13.0. The second-order valence-corrected chi connectivity index (χ2v) is 16.2. The molecule has 0 aliphatic carbocycles. The van der Waals surface area contributed by atoms with Gasteiger partial charge in [-0.3, -0.25) is 4.79 Å². The number of hydrogen-bond acceptors (Lipinski definition) is 8. The molecule has 286 valence electrons. The van der Waals surface area contributed by atoms with Crippen molar-refractivity contribution in [1.29, 1.82) is 0 Å². The van der Waals surface area contributed by atoms with E-state index < -0.39 is 10.8 Å².